The maximum absolute atomic E-state index is 12.9. The van der Waals surface area contributed by atoms with Crippen LogP contribution in [-0.4, -0.2) is 31.2 Å². The molecule has 26 heavy (non-hydrogen) atoms. The Balaban J connectivity index is 2.15. The normalized spacial score (nSPS) is 10.0. The Morgan fingerprint density at radius 2 is 1.81 bits per heavy atom. The van der Waals surface area contributed by atoms with E-state index in [4.69, 9.17) is 28.6 Å². The number of hydrogen-bond donors (Lipinski definition) is 2. The number of halogens is 2. The zero-order valence-electron chi connectivity index (χ0n) is 13.8. The van der Waals surface area contributed by atoms with E-state index in [0.29, 0.717) is 5.69 Å². The fourth-order valence-electron chi connectivity index (χ4n) is 2.02. The molecule has 0 aliphatic carbocycles. The second-order valence-electron chi connectivity index (χ2n) is 4.94. The van der Waals surface area contributed by atoms with Crippen LogP contribution in [0.15, 0.2) is 36.4 Å². The molecule has 0 aliphatic rings. The van der Waals surface area contributed by atoms with Crippen LogP contribution in [0.25, 0.3) is 0 Å². The van der Waals surface area contributed by atoms with Gasteiger partial charge in [0.15, 0.2) is 5.11 Å². The molecule has 0 radical (unpaired) electrons. The van der Waals surface area contributed by atoms with Gasteiger partial charge in [0, 0.05) is 5.56 Å². The van der Waals surface area contributed by atoms with E-state index in [9.17, 15) is 14.0 Å². The Kier molecular flexibility index (Phi) is 6.48. The molecule has 2 N–H and O–H groups in total. The van der Waals surface area contributed by atoms with Gasteiger partial charge in [0.25, 0.3) is 5.91 Å². The summed E-state index contributed by atoms with van der Waals surface area (Å²) in [5.41, 5.74) is 0.703. The number of hydrogen-bond acceptors (Lipinski definition) is 5. The molecule has 0 aliphatic heterocycles. The first-order valence-corrected chi connectivity index (χ1v) is 7.98. The summed E-state index contributed by atoms with van der Waals surface area (Å²) < 4.78 is 22.7. The van der Waals surface area contributed by atoms with Crippen molar-refractivity contribution in [2.45, 2.75) is 0 Å². The number of carbonyl (C=O) groups is 2. The highest BCUT2D eigenvalue weighted by Crippen LogP contribution is 2.31. The molecule has 1 amide bonds. The topological polar surface area (TPSA) is 76.7 Å². The number of ether oxygens (including phenoxy) is 2. The van der Waals surface area contributed by atoms with Crippen LogP contribution in [0, 0.1) is 5.82 Å². The van der Waals surface area contributed by atoms with Gasteiger partial charge in [-0.3, -0.25) is 10.1 Å². The van der Waals surface area contributed by atoms with Gasteiger partial charge >= 0.3 is 5.97 Å². The molecule has 2 aromatic rings. The number of nitrogens with one attached hydrogen (secondary N) is 2. The molecule has 0 fully saturated rings. The van der Waals surface area contributed by atoms with Crippen molar-refractivity contribution in [3.8, 4) is 5.75 Å². The Labute approximate surface area is 159 Å². The first kappa shape index (κ1) is 19.6. The van der Waals surface area contributed by atoms with Crippen LogP contribution in [0.2, 0.25) is 5.02 Å². The SMILES string of the molecule is COC(=O)c1cc(OC)c(NC(=S)NC(=O)c2ccc(F)cc2)cc1Cl. The quantitative estimate of drug-likeness (QED) is 0.609. The van der Waals surface area contributed by atoms with E-state index in [2.05, 4.69) is 15.4 Å². The first-order chi connectivity index (χ1) is 12.3. The minimum atomic E-state index is -0.618. The first-order valence-electron chi connectivity index (χ1n) is 7.19. The highest BCUT2D eigenvalue weighted by molar-refractivity contribution is 7.80. The molecular formula is C17H14ClFN2O4S. The number of esters is 1. The maximum atomic E-state index is 12.9. The summed E-state index contributed by atoms with van der Waals surface area (Å²) >= 11 is 11.2. The van der Waals surface area contributed by atoms with Crippen molar-refractivity contribution < 1.29 is 23.5 Å². The van der Waals surface area contributed by atoms with E-state index in [-0.39, 0.29) is 27.0 Å². The van der Waals surface area contributed by atoms with E-state index in [0.717, 1.165) is 0 Å². The number of carbonyl (C=O) groups excluding carboxylic acids is 2. The van der Waals surface area contributed by atoms with Crippen LogP contribution >= 0.6 is 23.8 Å². The summed E-state index contributed by atoms with van der Waals surface area (Å²) in [7, 11) is 2.63. The predicted molar refractivity (Wildman–Crippen MR) is 99.4 cm³/mol. The fraction of sp³-hybridized carbons (Fsp3) is 0.118. The van der Waals surface area contributed by atoms with E-state index in [1.807, 2.05) is 0 Å². The van der Waals surface area contributed by atoms with E-state index in [1.165, 1.54) is 50.6 Å². The number of rotatable bonds is 4. The molecule has 0 heterocycles. The summed E-state index contributed by atoms with van der Waals surface area (Å²) in [6.07, 6.45) is 0. The lowest BCUT2D eigenvalue weighted by atomic mass is 10.2. The molecule has 0 atom stereocenters. The number of thiocarbonyl (C=S) groups is 1. The smallest absolute Gasteiger partial charge is 0.339 e. The summed E-state index contributed by atoms with van der Waals surface area (Å²) in [6.45, 7) is 0. The summed E-state index contributed by atoms with van der Waals surface area (Å²) in [6, 6.07) is 7.80. The van der Waals surface area contributed by atoms with E-state index in [1.54, 1.807) is 0 Å². The van der Waals surface area contributed by atoms with Crippen molar-refractivity contribution in [3.63, 3.8) is 0 Å². The minimum absolute atomic E-state index is 0.0282. The Bertz CT molecular complexity index is 859. The van der Waals surface area contributed by atoms with Crippen molar-refractivity contribution >= 4 is 46.5 Å². The summed E-state index contributed by atoms with van der Waals surface area (Å²) in [5, 5.41) is 5.30. The number of anilines is 1. The third-order valence-corrected chi connectivity index (χ3v) is 3.79. The Morgan fingerprint density at radius 1 is 1.15 bits per heavy atom. The lowest BCUT2D eigenvalue weighted by Gasteiger charge is -2.14. The average Bonchev–Trinajstić information content (AvgIpc) is 2.61. The van der Waals surface area contributed by atoms with Gasteiger partial charge in [-0.1, -0.05) is 11.6 Å². The summed E-state index contributed by atoms with van der Waals surface area (Å²) in [4.78, 5) is 23.8. The zero-order chi connectivity index (χ0) is 19.3. The monoisotopic (exact) mass is 396 g/mol. The highest BCUT2D eigenvalue weighted by Gasteiger charge is 2.17. The molecule has 2 rings (SSSR count). The molecule has 9 heteroatoms. The van der Waals surface area contributed by atoms with Crippen molar-refractivity contribution in [2.24, 2.45) is 0 Å². The molecule has 0 unspecified atom stereocenters. The number of benzene rings is 2. The van der Waals surface area contributed by atoms with Gasteiger partial charge in [-0.25, -0.2) is 9.18 Å². The standard InChI is InChI=1S/C17H14ClFN2O4S/c1-24-14-7-11(16(23)25-2)12(18)8-13(14)20-17(26)21-15(22)9-3-5-10(19)6-4-9/h3-8H,1-2H3,(H2,20,21,22,26). The fourth-order valence-corrected chi connectivity index (χ4v) is 2.46. The van der Waals surface area contributed by atoms with Gasteiger partial charge in [0.1, 0.15) is 11.6 Å². The highest BCUT2D eigenvalue weighted by atomic mass is 35.5. The van der Waals surface area contributed by atoms with E-state index < -0.39 is 17.7 Å². The van der Waals surface area contributed by atoms with Gasteiger partial charge in [-0.15, -0.1) is 0 Å². The lowest BCUT2D eigenvalue weighted by Crippen LogP contribution is -2.34. The largest absolute Gasteiger partial charge is 0.495 e. The van der Waals surface area contributed by atoms with Crippen LogP contribution < -0.4 is 15.4 Å². The Morgan fingerprint density at radius 3 is 2.38 bits per heavy atom. The lowest BCUT2D eigenvalue weighted by molar-refractivity contribution is 0.0600. The van der Waals surface area contributed by atoms with Crippen LogP contribution in [0.1, 0.15) is 20.7 Å². The molecule has 0 aromatic heterocycles. The second-order valence-corrected chi connectivity index (χ2v) is 5.75. The molecule has 2 aromatic carbocycles. The van der Waals surface area contributed by atoms with E-state index >= 15 is 0 Å². The molecule has 0 saturated heterocycles. The molecule has 0 saturated carbocycles. The second kappa shape index (κ2) is 8.59. The molecule has 6 nitrogen and oxygen atoms in total. The summed E-state index contributed by atoms with van der Waals surface area (Å²) in [5.74, 6) is -1.31. The molecule has 136 valence electrons. The number of methoxy groups -OCH3 is 2. The van der Waals surface area contributed by atoms with Crippen LogP contribution in [0.5, 0.6) is 5.75 Å². The van der Waals surface area contributed by atoms with Crippen LogP contribution in [-0.2, 0) is 4.74 Å². The number of amides is 1. The zero-order valence-corrected chi connectivity index (χ0v) is 15.3. The van der Waals surface area contributed by atoms with Gasteiger partial charge in [-0.05, 0) is 48.6 Å². The minimum Gasteiger partial charge on any atom is -0.495 e. The van der Waals surface area contributed by atoms with Crippen LogP contribution in [0.3, 0.4) is 0 Å². The maximum Gasteiger partial charge on any atom is 0.339 e. The molecular weight excluding hydrogens is 383 g/mol. The van der Waals surface area contributed by atoms with Crippen molar-refractivity contribution in [3.05, 3.63) is 58.4 Å². The third kappa shape index (κ3) is 4.68. The third-order valence-electron chi connectivity index (χ3n) is 3.28. The van der Waals surface area contributed by atoms with Crippen molar-refractivity contribution in [1.82, 2.24) is 5.32 Å². The van der Waals surface area contributed by atoms with Crippen molar-refractivity contribution in [2.75, 3.05) is 19.5 Å². The van der Waals surface area contributed by atoms with Gasteiger partial charge in [0.2, 0.25) is 0 Å². The van der Waals surface area contributed by atoms with Crippen molar-refractivity contribution in [1.29, 1.82) is 0 Å². The average molecular weight is 397 g/mol. The molecule has 0 spiro atoms. The molecule has 0 bridgehead atoms. The van der Waals surface area contributed by atoms with Crippen LogP contribution in [0.4, 0.5) is 10.1 Å². The predicted octanol–water partition coefficient (Wildman–Crippen LogP) is 3.40. The van der Waals surface area contributed by atoms with Gasteiger partial charge in [-0.2, -0.15) is 0 Å². The van der Waals surface area contributed by atoms with Gasteiger partial charge in [0.05, 0.1) is 30.5 Å². The van der Waals surface area contributed by atoms with Gasteiger partial charge < -0.3 is 14.8 Å². The Hall–Kier alpha value is -2.71.